The quantitative estimate of drug-likeness (QED) is 0.635. The van der Waals surface area contributed by atoms with Crippen LogP contribution in [0.1, 0.15) is 11.1 Å². The highest BCUT2D eigenvalue weighted by molar-refractivity contribution is 5.94. The van der Waals surface area contributed by atoms with E-state index in [-0.39, 0.29) is 5.56 Å². The molecule has 8 heteroatoms. The van der Waals surface area contributed by atoms with E-state index >= 15 is 0 Å². The average molecular weight is 317 g/mol. The number of methoxy groups -OCH3 is 1. The number of amides is 1. The summed E-state index contributed by atoms with van der Waals surface area (Å²) in [6.45, 7) is -0.657. The SMILES string of the molecule is COC(=O)[C@H](CO)NC(=O)/C=C/c1cccc(C(F)(F)F)c1. The minimum atomic E-state index is -4.47. The van der Waals surface area contributed by atoms with Crippen LogP contribution in [0.5, 0.6) is 0 Å². The molecule has 120 valence electrons. The van der Waals surface area contributed by atoms with Gasteiger partial charge in [-0.3, -0.25) is 4.79 Å². The number of carbonyl (C=O) groups excluding carboxylic acids is 2. The monoisotopic (exact) mass is 317 g/mol. The molecule has 1 amide bonds. The van der Waals surface area contributed by atoms with Gasteiger partial charge >= 0.3 is 12.1 Å². The second kappa shape index (κ2) is 7.60. The van der Waals surface area contributed by atoms with Crippen LogP contribution < -0.4 is 5.32 Å². The van der Waals surface area contributed by atoms with Crippen LogP contribution >= 0.6 is 0 Å². The van der Waals surface area contributed by atoms with E-state index in [9.17, 15) is 22.8 Å². The number of ether oxygens (including phenoxy) is 1. The number of aliphatic hydroxyl groups is 1. The Labute approximate surface area is 124 Å². The summed E-state index contributed by atoms with van der Waals surface area (Å²) in [6.07, 6.45) is -2.35. The number of alkyl halides is 3. The number of hydrogen-bond donors (Lipinski definition) is 2. The second-order valence-corrected chi connectivity index (χ2v) is 4.22. The lowest BCUT2D eigenvalue weighted by Gasteiger charge is -2.12. The zero-order valence-electron chi connectivity index (χ0n) is 11.6. The largest absolute Gasteiger partial charge is 0.467 e. The smallest absolute Gasteiger partial charge is 0.416 e. The Morgan fingerprint density at radius 1 is 1.41 bits per heavy atom. The molecule has 1 atom stereocenters. The standard InChI is InChI=1S/C14H14F3NO4/c1-22-13(21)11(8-19)18-12(20)6-5-9-3-2-4-10(7-9)14(15,16)17/h2-7,11,19H,8H2,1H3,(H,18,20)/b6-5+/t11-/m0/s1. The highest BCUT2D eigenvalue weighted by Gasteiger charge is 2.30. The minimum Gasteiger partial charge on any atom is -0.467 e. The predicted molar refractivity (Wildman–Crippen MR) is 71.5 cm³/mol. The van der Waals surface area contributed by atoms with Crippen LogP contribution in [-0.2, 0) is 20.5 Å². The summed E-state index contributed by atoms with van der Waals surface area (Å²) in [7, 11) is 1.09. The molecule has 1 rings (SSSR count). The molecule has 22 heavy (non-hydrogen) atoms. The van der Waals surface area contributed by atoms with Crippen LogP contribution in [0.25, 0.3) is 6.08 Å². The molecule has 5 nitrogen and oxygen atoms in total. The van der Waals surface area contributed by atoms with Crippen LogP contribution in [-0.4, -0.2) is 36.7 Å². The zero-order chi connectivity index (χ0) is 16.8. The molecule has 1 aromatic carbocycles. The number of hydrogen-bond acceptors (Lipinski definition) is 4. The van der Waals surface area contributed by atoms with Gasteiger partial charge in [0, 0.05) is 6.08 Å². The summed E-state index contributed by atoms with van der Waals surface area (Å²) in [6, 6.07) is 3.17. The van der Waals surface area contributed by atoms with Gasteiger partial charge in [0.15, 0.2) is 6.04 Å². The third-order valence-electron chi connectivity index (χ3n) is 2.63. The highest BCUT2D eigenvalue weighted by Crippen LogP contribution is 2.29. The van der Waals surface area contributed by atoms with Crippen LogP contribution in [0.15, 0.2) is 30.3 Å². The summed E-state index contributed by atoms with van der Waals surface area (Å²) < 4.78 is 41.9. The molecule has 0 saturated carbocycles. The third-order valence-corrected chi connectivity index (χ3v) is 2.63. The molecule has 0 fully saturated rings. The molecule has 0 aliphatic rings. The Morgan fingerprint density at radius 3 is 2.64 bits per heavy atom. The van der Waals surface area contributed by atoms with Gasteiger partial charge in [-0.1, -0.05) is 12.1 Å². The van der Waals surface area contributed by atoms with Crippen molar-refractivity contribution in [2.24, 2.45) is 0 Å². The first-order valence-corrected chi connectivity index (χ1v) is 6.12. The lowest BCUT2D eigenvalue weighted by atomic mass is 10.1. The third kappa shape index (κ3) is 5.21. The molecular weight excluding hydrogens is 303 g/mol. The molecule has 0 heterocycles. The Bertz CT molecular complexity index is 569. The fourth-order valence-corrected chi connectivity index (χ4v) is 1.53. The van der Waals surface area contributed by atoms with Crippen molar-refractivity contribution >= 4 is 18.0 Å². The summed E-state index contributed by atoms with van der Waals surface area (Å²) in [5.74, 6) is -1.58. The minimum absolute atomic E-state index is 0.170. The van der Waals surface area contributed by atoms with E-state index in [0.29, 0.717) is 0 Å². The normalized spacial score (nSPS) is 13.0. The van der Waals surface area contributed by atoms with E-state index in [1.807, 2.05) is 0 Å². The van der Waals surface area contributed by atoms with Gasteiger partial charge in [-0.2, -0.15) is 13.2 Å². The Kier molecular flexibility index (Phi) is 6.11. The molecule has 1 aromatic rings. The van der Waals surface area contributed by atoms with Crippen molar-refractivity contribution in [1.29, 1.82) is 0 Å². The number of rotatable bonds is 5. The first-order valence-electron chi connectivity index (χ1n) is 6.12. The van der Waals surface area contributed by atoms with Crippen molar-refractivity contribution < 1.29 is 32.6 Å². The number of nitrogens with one attached hydrogen (secondary N) is 1. The van der Waals surface area contributed by atoms with Gasteiger partial charge in [0.05, 0.1) is 19.3 Å². The molecule has 0 radical (unpaired) electrons. The maximum absolute atomic E-state index is 12.5. The maximum Gasteiger partial charge on any atom is 0.416 e. The highest BCUT2D eigenvalue weighted by atomic mass is 19.4. The number of aliphatic hydroxyl groups excluding tert-OH is 1. The van der Waals surface area contributed by atoms with Gasteiger partial charge in [-0.05, 0) is 23.8 Å². The van der Waals surface area contributed by atoms with Crippen LogP contribution in [0, 0.1) is 0 Å². The maximum atomic E-state index is 12.5. The van der Waals surface area contributed by atoms with Crippen LogP contribution in [0.2, 0.25) is 0 Å². The lowest BCUT2D eigenvalue weighted by Crippen LogP contribution is -2.43. The van der Waals surface area contributed by atoms with Gasteiger partial charge in [0.2, 0.25) is 5.91 Å². The molecule has 2 N–H and O–H groups in total. The first-order chi connectivity index (χ1) is 10.3. The molecule has 0 saturated heterocycles. The van der Waals surface area contributed by atoms with Crippen LogP contribution in [0.4, 0.5) is 13.2 Å². The van der Waals surface area contributed by atoms with Gasteiger partial charge in [-0.25, -0.2) is 4.79 Å². The molecule has 0 bridgehead atoms. The fraction of sp³-hybridized carbons (Fsp3) is 0.286. The Morgan fingerprint density at radius 2 is 2.09 bits per heavy atom. The van der Waals surface area contributed by atoms with Gasteiger partial charge in [0.1, 0.15) is 0 Å². The number of carbonyl (C=O) groups is 2. The van der Waals surface area contributed by atoms with Crippen molar-refractivity contribution in [3.63, 3.8) is 0 Å². The first kappa shape index (κ1) is 17.7. The van der Waals surface area contributed by atoms with E-state index < -0.39 is 36.3 Å². The topological polar surface area (TPSA) is 75.6 Å². The fourth-order valence-electron chi connectivity index (χ4n) is 1.53. The summed E-state index contributed by atoms with van der Waals surface area (Å²) in [4.78, 5) is 22.7. The molecule has 0 unspecified atom stereocenters. The van der Waals surface area contributed by atoms with Crippen LogP contribution in [0.3, 0.4) is 0 Å². The average Bonchev–Trinajstić information content (AvgIpc) is 2.49. The van der Waals surface area contributed by atoms with Crippen molar-refractivity contribution in [2.45, 2.75) is 12.2 Å². The number of benzene rings is 1. The molecular formula is C14H14F3NO4. The van der Waals surface area contributed by atoms with Crippen molar-refractivity contribution in [3.8, 4) is 0 Å². The van der Waals surface area contributed by atoms with Crippen molar-refractivity contribution in [1.82, 2.24) is 5.32 Å². The summed E-state index contributed by atoms with van der Waals surface area (Å²) in [5.41, 5.74) is -0.665. The molecule has 0 aromatic heterocycles. The van der Waals surface area contributed by atoms with E-state index in [1.165, 1.54) is 12.1 Å². The zero-order valence-corrected chi connectivity index (χ0v) is 11.6. The van der Waals surface area contributed by atoms with E-state index in [4.69, 9.17) is 5.11 Å². The second-order valence-electron chi connectivity index (χ2n) is 4.22. The van der Waals surface area contributed by atoms with Gasteiger partial charge in [-0.15, -0.1) is 0 Å². The van der Waals surface area contributed by atoms with Gasteiger partial charge in [0.25, 0.3) is 0 Å². The van der Waals surface area contributed by atoms with Crippen molar-refractivity contribution in [3.05, 3.63) is 41.5 Å². The Balaban J connectivity index is 2.76. The summed E-state index contributed by atoms with van der Waals surface area (Å²) >= 11 is 0. The molecule has 0 aliphatic carbocycles. The number of esters is 1. The molecule has 0 aliphatic heterocycles. The predicted octanol–water partition coefficient (Wildman–Crippen LogP) is 1.37. The van der Waals surface area contributed by atoms with E-state index in [1.54, 1.807) is 0 Å². The van der Waals surface area contributed by atoms with E-state index in [0.717, 1.165) is 31.4 Å². The molecule has 0 spiro atoms. The van der Waals surface area contributed by atoms with Crippen molar-refractivity contribution in [2.75, 3.05) is 13.7 Å². The Hall–Kier alpha value is -2.35. The number of halogens is 3. The lowest BCUT2D eigenvalue weighted by molar-refractivity contribution is -0.145. The van der Waals surface area contributed by atoms with E-state index in [2.05, 4.69) is 10.1 Å². The van der Waals surface area contributed by atoms with Gasteiger partial charge < -0.3 is 15.2 Å². The summed E-state index contributed by atoms with van der Waals surface area (Å²) in [5, 5.41) is 11.1.